The second kappa shape index (κ2) is 6.87. The number of aryl methyl sites for hydroxylation is 2. The van der Waals surface area contributed by atoms with E-state index in [1.807, 2.05) is 6.92 Å². The highest BCUT2D eigenvalue weighted by Crippen LogP contribution is 2.20. The van der Waals surface area contributed by atoms with Crippen LogP contribution in [0.5, 0.6) is 0 Å². The van der Waals surface area contributed by atoms with Crippen LogP contribution < -0.4 is 10.5 Å². The summed E-state index contributed by atoms with van der Waals surface area (Å²) in [4.78, 5) is 34.7. The van der Waals surface area contributed by atoms with Gasteiger partial charge in [-0.05, 0) is 43.2 Å². The number of carboxylic acid groups (broad SMARTS) is 1. The molecule has 1 amide bonds. The Morgan fingerprint density at radius 2 is 2.04 bits per heavy atom. The van der Waals surface area contributed by atoms with Crippen molar-refractivity contribution < 1.29 is 14.7 Å². The van der Waals surface area contributed by atoms with Crippen LogP contribution in [0.1, 0.15) is 22.4 Å². The predicted molar refractivity (Wildman–Crippen MR) is 84.6 cm³/mol. The molecular formula is C16H17N3O4. The maximum absolute atomic E-state index is 11.8. The second-order valence-corrected chi connectivity index (χ2v) is 5.28. The number of amides is 1. The van der Waals surface area contributed by atoms with Gasteiger partial charge in [-0.1, -0.05) is 6.07 Å². The molecule has 0 bridgehead atoms. The maximum Gasteiger partial charge on any atom is 0.323 e. The van der Waals surface area contributed by atoms with Gasteiger partial charge in [0.25, 0.3) is 5.56 Å². The number of aromatic amines is 1. The van der Waals surface area contributed by atoms with Gasteiger partial charge in [-0.3, -0.25) is 14.4 Å². The van der Waals surface area contributed by atoms with Crippen molar-refractivity contribution >= 4 is 18.1 Å². The molecule has 0 saturated carbocycles. The highest BCUT2D eigenvalue weighted by molar-refractivity contribution is 5.85. The predicted octanol–water partition coefficient (Wildman–Crippen LogP) is 1.02. The first-order valence-electron chi connectivity index (χ1n) is 6.99. The molecule has 7 heteroatoms. The highest BCUT2D eigenvalue weighted by atomic mass is 16.4. The Kier molecular flexibility index (Phi) is 4.90. The van der Waals surface area contributed by atoms with Gasteiger partial charge in [0.2, 0.25) is 6.41 Å². The third kappa shape index (κ3) is 4.03. The van der Waals surface area contributed by atoms with Crippen molar-refractivity contribution in [1.82, 2.24) is 10.2 Å². The summed E-state index contributed by atoms with van der Waals surface area (Å²) in [6, 6.07) is 6.92. The number of carboxylic acids is 1. The molecule has 0 aliphatic carbocycles. The van der Waals surface area contributed by atoms with E-state index in [4.69, 9.17) is 5.11 Å². The molecule has 0 saturated heterocycles. The number of nitrogens with zero attached hydrogens (tertiary/aromatic N) is 2. The summed E-state index contributed by atoms with van der Waals surface area (Å²) in [7, 11) is 0. The molecule has 0 unspecified atom stereocenters. The number of hydrogen-bond donors (Lipinski definition) is 2. The zero-order valence-corrected chi connectivity index (χ0v) is 12.9. The molecule has 2 rings (SSSR count). The van der Waals surface area contributed by atoms with Crippen molar-refractivity contribution in [2.45, 2.75) is 20.3 Å². The molecular weight excluding hydrogens is 298 g/mol. The summed E-state index contributed by atoms with van der Waals surface area (Å²) in [5.41, 5.74) is 3.39. The van der Waals surface area contributed by atoms with Crippen molar-refractivity contribution in [3.63, 3.8) is 0 Å². The molecule has 1 aromatic heterocycles. The minimum atomic E-state index is -1.09. The van der Waals surface area contributed by atoms with E-state index >= 15 is 0 Å². The van der Waals surface area contributed by atoms with Crippen LogP contribution in [0.3, 0.4) is 0 Å². The van der Waals surface area contributed by atoms with Crippen molar-refractivity contribution in [3.05, 3.63) is 57.0 Å². The van der Waals surface area contributed by atoms with Crippen LogP contribution in [0.4, 0.5) is 5.69 Å². The molecule has 2 N–H and O–H groups in total. The summed E-state index contributed by atoms with van der Waals surface area (Å²) in [6.45, 7) is 3.25. The fourth-order valence-corrected chi connectivity index (χ4v) is 2.29. The zero-order chi connectivity index (χ0) is 17.0. The van der Waals surface area contributed by atoms with E-state index in [2.05, 4.69) is 10.2 Å². The van der Waals surface area contributed by atoms with Gasteiger partial charge in [-0.15, -0.1) is 0 Å². The number of nitrogens with one attached hydrogen (secondary N) is 1. The normalized spacial score (nSPS) is 10.3. The van der Waals surface area contributed by atoms with Gasteiger partial charge in [-0.2, -0.15) is 5.10 Å². The van der Waals surface area contributed by atoms with E-state index in [-0.39, 0.29) is 5.56 Å². The minimum Gasteiger partial charge on any atom is -0.480 e. The number of hydrogen-bond acceptors (Lipinski definition) is 4. The van der Waals surface area contributed by atoms with E-state index in [0.29, 0.717) is 24.1 Å². The largest absolute Gasteiger partial charge is 0.480 e. The molecule has 1 aromatic carbocycles. The first-order valence-corrected chi connectivity index (χ1v) is 6.99. The van der Waals surface area contributed by atoms with Crippen LogP contribution in [-0.2, 0) is 16.0 Å². The van der Waals surface area contributed by atoms with Crippen LogP contribution in [0.15, 0.2) is 29.1 Å². The molecule has 0 aliphatic rings. The van der Waals surface area contributed by atoms with Gasteiger partial charge in [-0.25, -0.2) is 5.10 Å². The molecule has 1 heterocycles. The summed E-state index contributed by atoms with van der Waals surface area (Å²) in [5, 5.41) is 15.1. The molecule has 0 atom stereocenters. The number of carbonyl (C=O) groups excluding carboxylic acids is 1. The third-order valence-corrected chi connectivity index (χ3v) is 3.48. The number of aliphatic carboxylic acids is 1. The van der Waals surface area contributed by atoms with Gasteiger partial charge < -0.3 is 10.0 Å². The average Bonchev–Trinajstić information content (AvgIpc) is 2.50. The van der Waals surface area contributed by atoms with E-state index in [9.17, 15) is 14.4 Å². The smallest absolute Gasteiger partial charge is 0.323 e. The fourth-order valence-electron chi connectivity index (χ4n) is 2.29. The Balaban J connectivity index is 2.29. The highest BCUT2D eigenvalue weighted by Gasteiger charge is 2.12. The monoisotopic (exact) mass is 315 g/mol. The molecule has 0 aliphatic heterocycles. The second-order valence-electron chi connectivity index (χ2n) is 5.28. The fraction of sp³-hybridized carbons (Fsp3) is 0.250. The van der Waals surface area contributed by atoms with E-state index < -0.39 is 12.5 Å². The Hall–Kier alpha value is -2.96. The molecule has 120 valence electrons. The van der Waals surface area contributed by atoms with Gasteiger partial charge in [0.1, 0.15) is 6.54 Å². The number of aromatic nitrogens is 2. The third-order valence-electron chi connectivity index (χ3n) is 3.48. The van der Waals surface area contributed by atoms with Gasteiger partial charge in [0.05, 0.1) is 5.69 Å². The SMILES string of the molecule is Cc1cc(Cc2ccc(N(C=O)CC(=O)O)cc2C)c(=O)[nH]n1. The van der Waals surface area contributed by atoms with Crippen molar-refractivity contribution in [2.75, 3.05) is 11.4 Å². The van der Waals surface area contributed by atoms with Crippen LogP contribution >= 0.6 is 0 Å². The number of carbonyl (C=O) groups is 2. The Bertz CT molecular complexity index is 798. The van der Waals surface area contributed by atoms with Crippen LogP contribution in [0.25, 0.3) is 0 Å². The summed E-state index contributed by atoms with van der Waals surface area (Å²) in [6.07, 6.45) is 0.921. The standard InChI is InChI=1S/C16H17N3O4/c1-10-5-14(19(9-20)8-15(21)22)4-3-12(10)7-13-6-11(2)17-18-16(13)23/h3-6,9H,7-8H2,1-2H3,(H,18,23)(H,21,22). The maximum atomic E-state index is 11.8. The molecule has 23 heavy (non-hydrogen) atoms. The van der Waals surface area contributed by atoms with E-state index in [1.54, 1.807) is 31.2 Å². The molecule has 0 fully saturated rings. The lowest BCUT2D eigenvalue weighted by Crippen LogP contribution is -2.28. The first kappa shape index (κ1) is 16.4. The van der Waals surface area contributed by atoms with Crippen molar-refractivity contribution in [2.24, 2.45) is 0 Å². The Morgan fingerprint density at radius 3 is 2.65 bits per heavy atom. The van der Waals surface area contributed by atoms with Crippen LogP contribution in [0, 0.1) is 13.8 Å². The van der Waals surface area contributed by atoms with Crippen molar-refractivity contribution in [3.8, 4) is 0 Å². The summed E-state index contributed by atoms with van der Waals surface area (Å²) in [5.74, 6) is -1.09. The van der Waals surface area contributed by atoms with Crippen molar-refractivity contribution in [1.29, 1.82) is 0 Å². The molecule has 0 spiro atoms. The van der Waals surface area contributed by atoms with Gasteiger partial charge >= 0.3 is 5.97 Å². The van der Waals surface area contributed by atoms with Gasteiger partial charge in [0, 0.05) is 17.7 Å². The van der Waals surface area contributed by atoms with E-state index in [0.717, 1.165) is 21.7 Å². The Morgan fingerprint density at radius 1 is 1.30 bits per heavy atom. The summed E-state index contributed by atoms with van der Waals surface area (Å²) >= 11 is 0. The molecule has 7 nitrogen and oxygen atoms in total. The minimum absolute atomic E-state index is 0.237. The Labute approximate surface area is 132 Å². The van der Waals surface area contributed by atoms with Crippen LogP contribution in [-0.4, -0.2) is 34.2 Å². The average molecular weight is 315 g/mol. The molecule has 0 radical (unpaired) electrons. The lowest BCUT2D eigenvalue weighted by atomic mass is 10.0. The number of benzene rings is 1. The molecule has 2 aromatic rings. The lowest BCUT2D eigenvalue weighted by molar-refractivity contribution is -0.136. The topological polar surface area (TPSA) is 103 Å². The summed E-state index contributed by atoms with van der Waals surface area (Å²) < 4.78 is 0. The van der Waals surface area contributed by atoms with Gasteiger partial charge in [0.15, 0.2) is 0 Å². The van der Waals surface area contributed by atoms with E-state index in [1.165, 1.54) is 0 Å². The van der Waals surface area contributed by atoms with Crippen LogP contribution in [0.2, 0.25) is 0 Å². The quantitative estimate of drug-likeness (QED) is 0.775. The zero-order valence-electron chi connectivity index (χ0n) is 12.9. The lowest BCUT2D eigenvalue weighted by Gasteiger charge is -2.17. The number of rotatable bonds is 6. The number of anilines is 1. The number of H-pyrrole nitrogens is 1. The first-order chi connectivity index (χ1) is 10.9.